The lowest BCUT2D eigenvalue weighted by Crippen LogP contribution is -2.58. The van der Waals surface area contributed by atoms with Crippen LogP contribution in [-0.4, -0.2) is 67.3 Å². The SMILES string of the molecule is CC1(C)[C@@H](O)C[C@H]2[C@]3(CO3)[C@@H]3CC[C@@H]4[C@@H](O)[C@@]3(C[C@@H](O)[C@@]21O)C[C@@]4(C)O. The molecule has 4 saturated carbocycles. The average molecular weight is 368 g/mol. The molecule has 6 nitrogen and oxygen atoms in total. The van der Waals surface area contributed by atoms with E-state index in [-0.39, 0.29) is 24.2 Å². The number of rotatable bonds is 0. The molecule has 0 unspecified atom stereocenters. The number of ether oxygens (including phenoxy) is 1. The van der Waals surface area contributed by atoms with Gasteiger partial charge in [-0.25, -0.2) is 0 Å². The van der Waals surface area contributed by atoms with Crippen molar-refractivity contribution in [2.45, 2.75) is 88.0 Å². The Balaban J connectivity index is 1.68. The highest BCUT2D eigenvalue weighted by Gasteiger charge is 2.80. The minimum atomic E-state index is -1.47. The summed E-state index contributed by atoms with van der Waals surface area (Å²) in [6.45, 7) is 5.90. The zero-order chi connectivity index (χ0) is 18.9. The molecule has 10 atom stereocenters. The highest BCUT2D eigenvalue weighted by Crippen LogP contribution is 2.73. The predicted molar refractivity (Wildman–Crippen MR) is 92.0 cm³/mol. The minimum absolute atomic E-state index is 0.0231. The zero-order valence-corrected chi connectivity index (χ0v) is 15.9. The third-order valence-electron chi connectivity index (χ3n) is 9.51. The molecule has 4 aliphatic carbocycles. The van der Waals surface area contributed by atoms with Gasteiger partial charge in [0.05, 0.1) is 30.5 Å². The van der Waals surface area contributed by atoms with Gasteiger partial charge in [0.2, 0.25) is 0 Å². The maximum absolute atomic E-state index is 11.8. The van der Waals surface area contributed by atoms with Crippen molar-refractivity contribution in [1.29, 1.82) is 0 Å². The first-order valence-corrected chi connectivity index (χ1v) is 10.1. The number of epoxide rings is 1. The first-order valence-electron chi connectivity index (χ1n) is 10.1. The van der Waals surface area contributed by atoms with Crippen LogP contribution >= 0.6 is 0 Å². The summed E-state index contributed by atoms with van der Waals surface area (Å²) in [4.78, 5) is 0. The Hall–Kier alpha value is -0.240. The van der Waals surface area contributed by atoms with Gasteiger partial charge in [-0.05, 0) is 44.9 Å². The largest absolute Gasteiger partial charge is 0.392 e. The molecule has 2 bridgehead atoms. The summed E-state index contributed by atoms with van der Waals surface area (Å²) in [5, 5.41) is 55.9. The Morgan fingerprint density at radius 1 is 0.923 bits per heavy atom. The van der Waals surface area contributed by atoms with Crippen molar-refractivity contribution in [2.75, 3.05) is 6.61 Å². The predicted octanol–water partition coefficient (Wildman–Crippen LogP) is 0.186. The summed E-state index contributed by atoms with van der Waals surface area (Å²) in [5.74, 6) is -0.591. The quantitative estimate of drug-likeness (QED) is 0.390. The smallest absolute Gasteiger partial charge is 0.104 e. The first-order chi connectivity index (χ1) is 11.9. The molecule has 5 rings (SSSR count). The van der Waals surface area contributed by atoms with Crippen molar-refractivity contribution >= 4 is 0 Å². The first kappa shape index (κ1) is 17.8. The van der Waals surface area contributed by atoms with Crippen LogP contribution in [0.2, 0.25) is 0 Å². The van der Waals surface area contributed by atoms with E-state index in [9.17, 15) is 25.5 Å². The monoisotopic (exact) mass is 368 g/mol. The van der Waals surface area contributed by atoms with Crippen LogP contribution in [-0.2, 0) is 4.74 Å². The van der Waals surface area contributed by atoms with Crippen LogP contribution in [0.5, 0.6) is 0 Å². The molecule has 5 aliphatic rings. The Bertz CT molecular complexity index is 642. The molecule has 148 valence electrons. The van der Waals surface area contributed by atoms with Crippen LogP contribution in [0.15, 0.2) is 0 Å². The number of aliphatic hydroxyl groups excluding tert-OH is 3. The molecule has 26 heavy (non-hydrogen) atoms. The summed E-state index contributed by atoms with van der Waals surface area (Å²) in [6.07, 6.45) is 0.0884. The Morgan fingerprint density at radius 2 is 1.58 bits per heavy atom. The zero-order valence-electron chi connectivity index (χ0n) is 15.9. The molecule has 0 radical (unpaired) electrons. The van der Waals surface area contributed by atoms with Crippen LogP contribution < -0.4 is 0 Å². The summed E-state index contributed by atoms with van der Waals surface area (Å²) in [5.41, 5.74) is -4.58. The van der Waals surface area contributed by atoms with Crippen LogP contribution in [0.1, 0.15) is 52.9 Å². The molecule has 0 amide bonds. The van der Waals surface area contributed by atoms with E-state index in [2.05, 4.69) is 0 Å². The van der Waals surface area contributed by atoms with Crippen molar-refractivity contribution in [2.24, 2.45) is 28.6 Å². The molecule has 0 aromatic rings. The molecule has 0 aromatic carbocycles. The molecule has 5 fully saturated rings. The second-order valence-electron chi connectivity index (χ2n) is 10.8. The van der Waals surface area contributed by atoms with Gasteiger partial charge in [-0.15, -0.1) is 0 Å². The van der Waals surface area contributed by atoms with Gasteiger partial charge in [-0.2, -0.15) is 0 Å². The lowest BCUT2D eigenvalue weighted by atomic mass is 9.59. The van der Waals surface area contributed by atoms with Gasteiger partial charge in [-0.3, -0.25) is 0 Å². The van der Waals surface area contributed by atoms with E-state index in [4.69, 9.17) is 4.74 Å². The topological polar surface area (TPSA) is 114 Å². The van der Waals surface area contributed by atoms with Crippen molar-refractivity contribution in [3.8, 4) is 0 Å². The van der Waals surface area contributed by atoms with Crippen molar-refractivity contribution < 1.29 is 30.3 Å². The van der Waals surface area contributed by atoms with E-state index >= 15 is 0 Å². The molecule has 5 N–H and O–H groups in total. The normalized spacial score (nSPS) is 65.5. The van der Waals surface area contributed by atoms with Crippen molar-refractivity contribution in [3.63, 3.8) is 0 Å². The highest BCUT2D eigenvalue weighted by atomic mass is 16.6. The summed E-state index contributed by atoms with van der Waals surface area (Å²) < 4.78 is 6.04. The molecule has 1 aliphatic heterocycles. The van der Waals surface area contributed by atoms with E-state index < -0.39 is 45.9 Å². The van der Waals surface area contributed by atoms with Crippen LogP contribution in [0.3, 0.4) is 0 Å². The van der Waals surface area contributed by atoms with Gasteiger partial charge in [0.25, 0.3) is 0 Å². The molecule has 2 spiro atoms. The summed E-state index contributed by atoms with van der Waals surface area (Å²) >= 11 is 0. The fraction of sp³-hybridized carbons (Fsp3) is 1.00. The molecule has 0 aromatic heterocycles. The van der Waals surface area contributed by atoms with Gasteiger partial charge < -0.3 is 30.3 Å². The Kier molecular flexibility index (Phi) is 3.20. The average Bonchev–Trinajstić information content (AvgIpc) is 3.28. The van der Waals surface area contributed by atoms with Crippen molar-refractivity contribution in [3.05, 3.63) is 0 Å². The maximum atomic E-state index is 11.8. The van der Waals surface area contributed by atoms with Gasteiger partial charge in [-0.1, -0.05) is 13.8 Å². The molecule has 6 heteroatoms. The second-order valence-corrected chi connectivity index (χ2v) is 10.8. The van der Waals surface area contributed by atoms with Gasteiger partial charge in [0, 0.05) is 22.7 Å². The lowest BCUT2D eigenvalue weighted by Gasteiger charge is -2.47. The fourth-order valence-corrected chi connectivity index (χ4v) is 8.03. The second kappa shape index (κ2) is 4.66. The maximum Gasteiger partial charge on any atom is 0.104 e. The number of hydrogen-bond acceptors (Lipinski definition) is 6. The molecule has 1 saturated heterocycles. The number of fused-ring (bicyclic) bond motifs is 4. The fourth-order valence-electron chi connectivity index (χ4n) is 8.03. The summed E-state index contributed by atoms with van der Waals surface area (Å²) in [7, 11) is 0. The molecular formula is C20H32O6. The van der Waals surface area contributed by atoms with Crippen LogP contribution in [0.4, 0.5) is 0 Å². The van der Waals surface area contributed by atoms with Gasteiger partial charge in [0.1, 0.15) is 11.2 Å². The van der Waals surface area contributed by atoms with E-state index in [0.29, 0.717) is 19.4 Å². The van der Waals surface area contributed by atoms with Gasteiger partial charge >= 0.3 is 0 Å². The standard InChI is InChI=1S/C20H32O6/c1-16(2)13(21)6-12-19(9-26-19)11-5-4-10-15(23)18(11,8-17(10,3)24)7-14(22)20(12,16)25/h10-15,21-25H,4-9H2,1-3H3/t10-,11-,12+,13+,14-,15-,17-,18+,19+,20+/m1/s1. The number of aliphatic hydroxyl groups is 5. The molecular weight excluding hydrogens is 336 g/mol. The minimum Gasteiger partial charge on any atom is -0.392 e. The van der Waals surface area contributed by atoms with Gasteiger partial charge in [0.15, 0.2) is 0 Å². The van der Waals surface area contributed by atoms with E-state index in [1.807, 2.05) is 13.8 Å². The third kappa shape index (κ3) is 1.67. The Labute approximate surface area is 154 Å². The van der Waals surface area contributed by atoms with Crippen LogP contribution in [0, 0.1) is 28.6 Å². The highest BCUT2D eigenvalue weighted by molar-refractivity contribution is 5.29. The Morgan fingerprint density at radius 3 is 2.19 bits per heavy atom. The van der Waals surface area contributed by atoms with E-state index in [1.165, 1.54) is 0 Å². The van der Waals surface area contributed by atoms with Crippen molar-refractivity contribution in [1.82, 2.24) is 0 Å². The summed E-state index contributed by atoms with van der Waals surface area (Å²) in [6, 6.07) is 0. The van der Waals surface area contributed by atoms with E-state index in [0.717, 1.165) is 12.8 Å². The van der Waals surface area contributed by atoms with E-state index in [1.54, 1.807) is 6.92 Å². The lowest BCUT2D eigenvalue weighted by molar-refractivity contribution is -0.180. The number of hydrogen-bond donors (Lipinski definition) is 5. The third-order valence-corrected chi connectivity index (χ3v) is 9.51. The van der Waals surface area contributed by atoms with Crippen LogP contribution in [0.25, 0.3) is 0 Å². The molecule has 1 heterocycles.